The number of carbonyl (C=O) groups is 2. The van der Waals surface area contributed by atoms with Gasteiger partial charge in [0.1, 0.15) is 0 Å². The van der Waals surface area contributed by atoms with Crippen LogP contribution in [0.3, 0.4) is 0 Å². The minimum Gasteiger partial charge on any atom is -0.481 e. The molecule has 5 nitrogen and oxygen atoms in total. The Morgan fingerprint density at radius 3 is 2.57 bits per heavy atom. The molecule has 0 aliphatic rings. The molecule has 0 aliphatic heterocycles. The summed E-state index contributed by atoms with van der Waals surface area (Å²) in [7, 11) is 0. The maximum Gasteiger partial charge on any atom is 0.303 e. The van der Waals surface area contributed by atoms with E-state index >= 15 is 0 Å². The molecule has 3 N–H and O–H groups in total. The molecule has 82 valence electrons. The Morgan fingerprint density at radius 2 is 2.00 bits per heavy atom. The number of carboxylic acids is 1. The van der Waals surface area contributed by atoms with Crippen LogP contribution in [0, 0.1) is 0 Å². The van der Waals surface area contributed by atoms with Gasteiger partial charge in [-0.25, -0.2) is 0 Å². The predicted octanol–water partition coefficient (Wildman–Crippen LogP) is -0.0330. The maximum absolute atomic E-state index is 11.0. The van der Waals surface area contributed by atoms with E-state index in [4.69, 9.17) is 5.11 Å². The summed E-state index contributed by atoms with van der Waals surface area (Å²) in [6, 6.07) is 0. The molecule has 0 heterocycles. The molecule has 0 aromatic carbocycles. The molecule has 1 amide bonds. The highest BCUT2D eigenvalue weighted by Gasteiger charge is 1.99. The third kappa shape index (κ3) is 8.99. The van der Waals surface area contributed by atoms with Gasteiger partial charge in [0, 0.05) is 13.0 Å². The molecule has 0 atom stereocenters. The molecule has 0 spiro atoms. The Labute approximate surface area is 83.9 Å². The third-order valence-electron chi connectivity index (χ3n) is 1.60. The van der Waals surface area contributed by atoms with Gasteiger partial charge in [-0.05, 0) is 19.4 Å². The average Bonchev–Trinajstić information content (AvgIpc) is 2.13. The first-order chi connectivity index (χ1) is 6.66. The lowest BCUT2D eigenvalue weighted by molar-refractivity contribution is -0.137. The average molecular weight is 202 g/mol. The van der Waals surface area contributed by atoms with Crippen molar-refractivity contribution in [2.75, 3.05) is 19.6 Å². The lowest BCUT2D eigenvalue weighted by Gasteiger charge is -2.04. The molecule has 0 aromatic rings. The number of nitrogens with one attached hydrogen (secondary N) is 2. The Morgan fingerprint density at radius 1 is 1.29 bits per heavy atom. The number of rotatable bonds is 8. The lowest BCUT2D eigenvalue weighted by atomic mass is 10.3. The monoisotopic (exact) mass is 202 g/mol. The summed E-state index contributed by atoms with van der Waals surface area (Å²) in [5.74, 6) is -0.843. The van der Waals surface area contributed by atoms with Gasteiger partial charge in [-0.2, -0.15) is 0 Å². The standard InChI is InChI=1S/C9H18N2O3/c1-2-5-11-8(12)7-10-6-3-4-9(13)14/h10H,2-7H2,1H3,(H,11,12)(H,13,14). The van der Waals surface area contributed by atoms with E-state index in [1.54, 1.807) is 0 Å². The van der Waals surface area contributed by atoms with Crippen LogP contribution in [-0.4, -0.2) is 36.6 Å². The van der Waals surface area contributed by atoms with Crippen molar-refractivity contribution in [3.8, 4) is 0 Å². The predicted molar refractivity (Wildman–Crippen MR) is 53.0 cm³/mol. The molecular formula is C9H18N2O3. The fourth-order valence-corrected chi connectivity index (χ4v) is 0.893. The zero-order valence-corrected chi connectivity index (χ0v) is 8.51. The van der Waals surface area contributed by atoms with Gasteiger partial charge in [-0.3, -0.25) is 9.59 Å². The number of carbonyl (C=O) groups excluding carboxylic acids is 1. The second kappa shape index (κ2) is 8.50. The Hall–Kier alpha value is -1.10. The van der Waals surface area contributed by atoms with E-state index in [0.717, 1.165) is 6.42 Å². The molecule has 14 heavy (non-hydrogen) atoms. The van der Waals surface area contributed by atoms with Gasteiger partial charge in [0.2, 0.25) is 5.91 Å². The van der Waals surface area contributed by atoms with E-state index in [2.05, 4.69) is 10.6 Å². The van der Waals surface area contributed by atoms with Crippen molar-refractivity contribution in [1.29, 1.82) is 0 Å². The normalized spacial score (nSPS) is 9.79. The third-order valence-corrected chi connectivity index (χ3v) is 1.60. The molecule has 0 rings (SSSR count). The molecule has 0 aromatic heterocycles. The van der Waals surface area contributed by atoms with Crippen LogP contribution in [0.5, 0.6) is 0 Å². The number of hydrogen-bond acceptors (Lipinski definition) is 3. The highest BCUT2D eigenvalue weighted by molar-refractivity contribution is 5.77. The first-order valence-corrected chi connectivity index (χ1v) is 4.86. The van der Waals surface area contributed by atoms with Gasteiger partial charge >= 0.3 is 5.97 Å². The van der Waals surface area contributed by atoms with Gasteiger partial charge in [0.25, 0.3) is 0 Å². The van der Waals surface area contributed by atoms with Crippen LogP contribution in [0.4, 0.5) is 0 Å². The molecule has 0 saturated carbocycles. The highest BCUT2D eigenvalue weighted by Crippen LogP contribution is 1.85. The molecule has 0 saturated heterocycles. The molecule has 0 fully saturated rings. The highest BCUT2D eigenvalue weighted by atomic mass is 16.4. The quantitative estimate of drug-likeness (QED) is 0.483. The van der Waals surface area contributed by atoms with E-state index in [9.17, 15) is 9.59 Å². The summed E-state index contributed by atoms with van der Waals surface area (Å²) in [6.45, 7) is 3.50. The zero-order valence-electron chi connectivity index (χ0n) is 8.51. The minimum atomic E-state index is -0.803. The van der Waals surface area contributed by atoms with Crippen LogP contribution in [-0.2, 0) is 9.59 Å². The first kappa shape index (κ1) is 12.9. The molecule has 5 heteroatoms. The fourth-order valence-electron chi connectivity index (χ4n) is 0.893. The summed E-state index contributed by atoms with van der Waals surface area (Å²) >= 11 is 0. The zero-order chi connectivity index (χ0) is 10.8. The maximum atomic E-state index is 11.0. The summed E-state index contributed by atoms with van der Waals surface area (Å²) in [5.41, 5.74) is 0. The van der Waals surface area contributed by atoms with E-state index in [1.165, 1.54) is 0 Å². The molecule has 0 radical (unpaired) electrons. The summed E-state index contributed by atoms with van der Waals surface area (Å²) in [6.07, 6.45) is 1.62. The molecular weight excluding hydrogens is 184 g/mol. The van der Waals surface area contributed by atoms with Gasteiger partial charge in [-0.15, -0.1) is 0 Å². The number of carboxylic acid groups (broad SMARTS) is 1. The molecule has 0 aliphatic carbocycles. The lowest BCUT2D eigenvalue weighted by Crippen LogP contribution is -2.34. The van der Waals surface area contributed by atoms with Crippen molar-refractivity contribution in [2.45, 2.75) is 26.2 Å². The van der Waals surface area contributed by atoms with Gasteiger partial charge in [0.05, 0.1) is 6.54 Å². The second-order valence-electron chi connectivity index (χ2n) is 3.02. The fraction of sp³-hybridized carbons (Fsp3) is 0.778. The number of amides is 1. The van der Waals surface area contributed by atoms with Crippen molar-refractivity contribution >= 4 is 11.9 Å². The van der Waals surface area contributed by atoms with Crippen LogP contribution in [0.1, 0.15) is 26.2 Å². The van der Waals surface area contributed by atoms with E-state index in [0.29, 0.717) is 19.5 Å². The molecule has 0 unspecified atom stereocenters. The van der Waals surface area contributed by atoms with Crippen molar-refractivity contribution in [2.24, 2.45) is 0 Å². The summed E-state index contributed by atoms with van der Waals surface area (Å²) < 4.78 is 0. The van der Waals surface area contributed by atoms with Crippen LogP contribution in [0.15, 0.2) is 0 Å². The van der Waals surface area contributed by atoms with Crippen molar-refractivity contribution in [3.63, 3.8) is 0 Å². The van der Waals surface area contributed by atoms with Crippen molar-refractivity contribution in [3.05, 3.63) is 0 Å². The molecule has 0 bridgehead atoms. The Bertz CT molecular complexity index is 183. The largest absolute Gasteiger partial charge is 0.481 e. The second-order valence-corrected chi connectivity index (χ2v) is 3.02. The van der Waals surface area contributed by atoms with Crippen LogP contribution >= 0.6 is 0 Å². The van der Waals surface area contributed by atoms with Crippen LogP contribution in [0.2, 0.25) is 0 Å². The summed E-state index contributed by atoms with van der Waals surface area (Å²) in [5, 5.41) is 13.9. The number of aliphatic carboxylic acids is 1. The van der Waals surface area contributed by atoms with Crippen molar-refractivity contribution in [1.82, 2.24) is 10.6 Å². The van der Waals surface area contributed by atoms with Gasteiger partial charge in [-0.1, -0.05) is 6.92 Å². The van der Waals surface area contributed by atoms with E-state index < -0.39 is 5.97 Å². The number of hydrogen-bond donors (Lipinski definition) is 3. The Balaban J connectivity index is 3.19. The summed E-state index contributed by atoms with van der Waals surface area (Å²) in [4.78, 5) is 21.1. The van der Waals surface area contributed by atoms with E-state index in [-0.39, 0.29) is 18.9 Å². The van der Waals surface area contributed by atoms with E-state index in [1.807, 2.05) is 6.92 Å². The smallest absolute Gasteiger partial charge is 0.303 e. The topological polar surface area (TPSA) is 78.4 Å². The van der Waals surface area contributed by atoms with Crippen molar-refractivity contribution < 1.29 is 14.7 Å². The Kier molecular flexibility index (Phi) is 7.83. The SMILES string of the molecule is CCCNC(=O)CNCCCC(=O)O. The first-order valence-electron chi connectivity index (χ1n) is 4.86. The minimum absolute atomic E-state index is 0.0397. The van der Waals surface area contributed by atoms with Crippen LogP contribution in [0.25, 0.3) is 0 Å². The van der Waals surface area contributed by atoms with Gasteiger partial charge < -0.3 is 15.7 Å². The van der Waals surface area contributed by atoms with Crippen LogP contribution < -0.4 is 10.6 Å². The van der Waals surface area contributed by atoms with Gasteiger partial charge in [0.15, 0.2) is 0 Å².